The number of hydrogen-bond donors (Lipinski definition) is 2. The summed E-state index contributed by atoms with van der Waals surface area (Å²) in [5.74, 6) is 0.238. The van der Waals surface area contributed by atoms with Gasteiger partial charge in [0.2, 0.25) is 0 Å². The molecule has 4 heteroatoms. The van der Waals surface area contributed by atoms with E-state index in [2.05, 4.69) is 4.98 Å². The van der Waals surface area contributed by atoms with E-state index < -0.39 is 0 Å². The van der Waals surface area contributed by atoms with Gasteiger partial charge in [-0.2, -0.15) is 0 Å². The molecule has 0 saturated heterocycles. The standard InChI is InChI=1S/C16H21N3O/c1-11-5-4-6-13(18-11)10-19(3)14-7-8-15(12(2)17)16(20)9-14/h4-9,12,20H,10,17H2,1-3H3. The van der Waals surface area contributed by atoms with Gasteiger partial charge in [0.05, 0.1) is 12.2 Å². The van der Waals surface area contributed by atoms with E-state index in [0.717, 1.165) is 22.6 Å². The summed E-state index contributed by atoms with van der Waals surface area (Å²) in [6.07, 6.45) is 0. The molecule has 1 unspecified atom stereocenters. The van der Waals surface area contributed by atoms with Gasteiger partial charge in [-0.15, -0.1) is 0 Å². The van der Waals surface area contributed by atoms with Crippen molar-refractivity contribution in [2.75, 3.05) is 11.9 Å². The molecule has 2 rings (SSSR count). The largest absolute Gasteiger partial charge is 0.508 e. The van der Waals surface area contributed by atoms with Crippen molar-refractivity contribution in [1.29, 1.82) is 0 Å². The molecule has 1 atom stereocenters. The van der Waals surface area contributed by atoms with Gasteiger partial charge in [-0.05, 0) is 32.0 Å². The van der Waals surface area contributed by atoms with Gasteiger partial charge < -0.3 is 15.7 Å². The van der Waals surface area contributed by atoms with Crippen molar-refractivity contribution in [3.05, 3.63) is 53.3 Å². The van der Waals surface area contributed by atoms with Crippen LogP contribution in [0, 0.1) is 6.92 Å². The second-order valence-corrected chi connectivity index (χ2v) is 5.16. The Hall–Kier alpha value is -2.07. The molecule has 1 heterocycles. The third-order valence-corrected chi connectivity index (χ3v) is 3.29. The van der Waals surface area contributed by atoms with E-state index in [1.165, 1.54) is 0 Å². The molecule has 3 N–H and O–H groups in total. The summed E-state index contributed by atoms with van der Waals surface area (Å²) >= 11 is 0. The van der Waals surface area contributed by atoms with E-state index in [4.69, 9.17) is 5.73 Å². The number of aromatic hydroxyl groups is 1. The highest BCUT2D eigenvalue weighted by atomic mass is 16.3. The zero-order valence-corrected chi connectivity index (χ0v) is 12.2. The number of aromatic nitrogens is 1. The van der Waals surface area contributed by atoms with E-state index in [1.54, 1.807) is 6.07 Å². The Bertz CT molecular complexity index is 596. The van der Waals surface area contributed by atoms with Crippen molar-refractivity contribution in [3.63, 3.8) is 0 Å². The number of anilines is 1. The van der Waals surface area contributed by atoms with Crippen LogP contribution in [0.15, 0.2) is 36.4 Å². The molecule has 106 valence electrons. The fourth-order valence-electron chi connectivity index (χ4n) is 2.18. The van der Waals surface area contributed by atoms with Crippen LogP contribution in [0.2, 0.25) is 0 Å². The first kappa shape index (κ1) is 14.3. The van der Waals surface area contributed by atoms with Gasteiger partial charge in [-0.3, -0.25) is 4.98 Å². The number of rotatable bonds is 4. The maximum absolute atomic E-state index is 10.00. The Balaban J connectivity index is 2.17. The maximum atomic E-state index is 10.00. The number of pyridine rings is 1. The fraction of sp³-hybridized carbons (Fsp3) is 0.312. The lowest BCUT2D eigenvalue weighted by molar-refractivity contribution is 0.464. The first-order chi connectivity index (χ1) is 9.47. The lowest BCUT2D eigenvalue weighted by Gasteiger charge is -2.20. The molecule has 4 nitrogen and oxygen atoms in total. The molecule has 0 bridgehead atoms. The van der Waals surface area contributed by atoms with Crippen LogP contribution in [-0.4, -0.2) is 17.1 Å². The van der Waals surface area contributed by atoms with E-state index in [-0.39, 0.29) is 11.8 Å². The monoisotopic (exact) mass is 271 g/mol. The molecule has 20 heavy (non-hydrogen) atoms. The van der Waals surface area contributed by atoms with Crippen LogP contribution in [-0.2, 0) is 6.54 Å². The van der Waals surface area contributed by atoms with Crippen LogP contribution in [0.1, 0.15) is 29.9 Å². The highest BCUT2D eigenvalue weighted by molar-refractivity contribution is 5.53. The van der Waals surface area contributed by atoms with E-state index in [0.29, 0.717) is 6.54 Å². The number of phenols is 1. The topological polar surface area (TPSA) is 62.4 Å². The Morgan fingerprint density at radius 3 is 2.65 bits per heavy atom. The zero-order chi connectivity index (χ0) is 14.7. The molecule has 0 amide bonds. The van der Waals surface area contributed by atoms with Gasteiger partial charge in [0.15, 0.2) is 0 Å². The molecule has 1 aromatic heterocycles. The second kappa shape index (κ2) is 5.92. The highest BCUT2D eigenvalue weighted by Gasteiger charge is 2.09. The van der Waals surface area contributed by atoms with Crippen molar-refractivity contribution in [1.82, 2.24) is 4.98 Å². The summed E-state index contributed by atoms with van der Waals surface area (Å²) in [5.41, 5.74) is 9.51. The number of hydrogen-bond acceptors (Lipinski definition) is 4. The van der Waals surface area contributed by atoms with Crippen LogP contribution in [0.25, 0.3) is 0 Å². The van der Waals surface area contributed by atoms with E-state index in [9.17, 15) is 5.11 Å². The van der Waals surface area contributed by atoms with Gasteiger partial charge in [-0.25, -0.2) is 0 Å². The lowest BCUT2D eigenvalue weighted by Crippen LogP contribution is -2.17. The molecule has 0 spiro atoms. The molecule has 0 aliphatic rings. The summed E-state index contributed by atoms with van der Waals surface area (Å²) in [4.78, 5) is 6.53. The average Bonchev–Trinajstić information content (AvgIpc) is 2.38. The lowest BCUT2D eigenvalue weighted by atomic mass is 10.1. The zero-order valence-electron chi connectivity index (χ0n) is 12.2. The van der Waals surface area contributed by atoms with Crippen molar-refractivity contribution in [2.45, 2.75) is 26.4 Å². The van der Waals surface area contributed by atoms with Crippen molar-refractivity contribution in [3.8, 4) is 5.75 Å². The molecular weight excluding hydrogens is 250 g/mol. The van der Waals surface area contributed by atoms with Gasteiger partial charge in [-0.1, -0.05) is 12.1 Å². The number of aryl methyl sites for hydroxylation is 1. The minimum atomic E-state index is -0.173. The Kier molecular flexibility index (Phi) is 4.25. The minimum absolute atomic E-state index is 0.173. The van der Waals surface area contributed by atoms with Crippen LogP contribution in [0.3, 0.4) is 0 Å². The quantitative estimate of drug-likeness (QED) is 0.897. The van der Waals surface area contributed by atoms with Gasteiger partial charge in [0, 0.05) is 36.1 Å². The number of benzene rings is 1. The first-order valence-corrected chi connectivity index (χ1v) is 6.69. The van der Waals surface area contributed by atoms with Crippen LogP contribution in [0.5, 0.6) is 5.75 Å². The maximum Gasteiger partial charge on any atom is 0.122 e. The summed E-state index contributed by atoms with van der Waals surface area (Å²) < 4.78 is 0. The third-order valence-electron chi connectivity index (χ3n) is 3.29. The summed E-state index contributed by atoms with van der Waals surface area (Å²) in [7, 11) is 1.98. The third kappa shape index (κ3) is 3.27. The minimum Gasteiger partial charge on any atom is -0.508 e. The molecule has 2 aromatic rings. The van der Waals surface area contributed by atoms with E-state index >= 15 is 0 Å². The predicted molar refractivity (Wildman–Crippen MR) is 81.8 cm³/mol. The smallest absolute Gasteiger partial charge is 0.122 e. The SMILES string of the molecule is Cc1cccc(CN(C)c2ccc(C(C)N)c(O)c2)n1. The Morgan fingerprint density at radius 2 is 2.05 bits per heavy atom. The Labute approximate surface area is 119 Å². The van der Waals surface area contributed by atoms with Crippen molar-refractivity contribution in [2.24, 2.45) is 5.73 Å². The molecular formula is C16H21N3O. The molecule has 0 aliphatic carbocycles. The Morgan fingerprint density at radius 1 is 1.30 bits per heavy atom. The number of nitrogens with two attached hydrogens (primary N) is 1. The average molecular weight is 271 g/mol. The normalized spacial score (nSPS) is 12.2. The fourth-order valence-corrected chi connectivity index (χ4v) is 2.18. The summed E-state index contributed by atoms with van der Waals surface area (Å²) in [6, 6.07) is 11.4. The van der Waals surface area contributed by atoms with Gasteiger partial charge in [0.1, 0.15) is 5.75 Å². The number of nitrogens with zero attached hydrogens (tertiary/aromatic N) is 2. The van der Waals surface area contributed by atoms with Crippen LogP contribution >= 0.6 is 0 Å². The molecule has 0 saturated carbocycles. The van der Waals surface area contributed by atoms with Gasteiger partial charge in [0.25, 0.3) is 0 Å². The van der Waals surface area contributed by atoms with Crippen LogP contribution in [0.4, 0.5) is 5.69 Å². The second-order valence-electron chi connectivity index (χ2n) is 5.16. The summed E-state index contributed by atoms with van der Waals surface area (Å²) in [5, 5.41) is 10.00. The first-order valence-electron chi connectivity index (χ1n) is 6.69. The molecule has 0 fully saturated rings. The molecule has 0 radical (unpaired) electrons. The predicted octanol–water partition coefficient (Wildman–Crippen LogP) is 2.75. The molecule has 0 aliphatic heterocycles. The summed E-state index contributed by atoms with van der Waals surface area (Å²) in [6.45, 7) is 4.53. The van der Waals surface area contributed by atoms with Crippen molar-refractivity contribution < 1.29 is 5.11 Å². The highest BCUT2D eigenvalue weighted by Crippen LogP contribution is 2.28. The van der Waals surface area contributed by atoms with Gasteiger partial charge >= 0.3 is 0 Å². The number of phenolic OH excluding ortho intramolecular Hbond substituents is 1. The van der Waals surface area contributed by atoms with Crippen LogP contribution < -0.4 is 10.6 Å². The molecule has 1 aromatic carbocycles. The van der Waals surface area contributed by atoms with Crippen molar-refractivity contribution >= 4 is 5.69 Å². The van der Waals surface area contributed by atoms with E-state index in [1.807, 2.05) is 56.1 Å².